The van der Waals surface area contributed by atoms with Crippen molar-refractivity contribution < 1.29 is 4.42 Å². The molecule has 1 aromatic heterocycles. The van der Waals surface area contributed by atoms with Gasteiger partial charge in [0, 0.05) is 18.7 Å². The minimum absolute atomic E-state index is 0.631. The van der Waals surface area contributed by atoms with Gasteiger partial charge in [-0.2, -0.15) is 0 Å². The van der Waals surface area contributed by atoms with Crippen LogP contribution in [-0.2, 0) is 13.0 Å². The zero-order valence-electron chi connectivity index (χ0n) is 8.82. The van der Waals surface area contributed by atoms with Crippen molar-refractivity contribution >= 4 is 16.9 Å². The van der Waals surface area contributed by atoms with Crippen molar-refractivity contribution in [3.8, 4) is 0 Å². The van der Waals surface area contributed by atoms with Crippen LogP contribution in [0.5, 0.6) is 0 Å². The molecule has 5 heteroatoms. The lowest BCUT2D eigenvalue weighted by atomic mass is 10.4. The fourth-order valence-corrected chi connectivity index (χ4v) is 2.13. The molecule has 0 saturated heterocycles. The molecule has 0 spiro atoms. The Morgan fingerprint density at radius 3 is 3.20 bits per heavy atom. The molecule has 0 amide bonds. The monoisotopic (exact) mass is 225 g/mol. The number of aryl methyl sites for hydroxylation is 1. The first-order valence-electron chi connectivity index (χ1n) is 5.23. The minimum atomic E-state index is 0.631. The van der Waals surface area contributed by atoms with Crippen LogP contribution in [0.1, 0.15) is 25.0 Å². The number of hydrogen-bond acceptors (Lipinski definition) is 5. The molecule has 0 fully saturated rings. The Bertz CT molecular complexity index is 348. The van der Waals surface area contributed by atoms with E-state index in [9.17, 15) is 0 Å². The summed E-state index contributed by atoms with van der Waals surface area (Å²) in [6.45, 7) is 3.62. The number of oxazole rings is 1. The van der Waals surface area contributed by atoms with Gasteiger partial charge in [0.25, 0.3) is 0 Å². The Morgan fingerprint density at radius 1 is 1.60 bits per heavy atom. The van der Waals surface area contributed by atoms with E-state index in [1.807, 2.05) is 0 Å². The number of amidine groups is 1. The molecule has 0 atom stereocenters. The smallest absolute Gasteiger partial charge is 0.213 e. The number of nitrogens with one attached hydrogen (secondary N) is 1. The van der Waals surface area contributed by atoms with E-state index in [0.717, 1.165) is 35.5 Å². The molecule has 0 radical (unpaired) electrons. The van der Waals surface area contributed by atoms with Crippen LogP contribution in [-0.4, -0.2) is 22.4 Å². The lowest BCUT2D eigenvalue weighted by Gasteiger charge is -2.11. The van der Waals surface area contributed by atoms with Crippen LogP contribution in [0.4, 0.5) is 0 Å². The highest BCUT2D eigenvalue weighted by molar-refractivity contribution is 8.13. The average molecular weight is 225 g/mol. The number of aliphatic imine (C=N–C) groups is 1. The summed E-state index contributed by atoms with van der Waals surface area (Å²) in [6.07, 6.45) is 3.85. The van der Waals surface area contributed by atoms with Crippen LogP contribution in [0.15, 0.2) is 15.6 Å². The minimum Gasteiger partial charge on any atom is -0.444 e. The largest absolute Gasteiger partial charge is 0.444 e. The lowest BCUT2D eigenvalue weighted by Crippen LogP contribution is -2.23. The molecule has 2 rings (SSSR count). The highest BCUT2D eigenvalue weighted by Gasteiger charge is 2.07. The second-order valence-corrected chi connectivity index (χ2v) is 4.40. The Hall–Kier alpha value is -0.970. The molecule has 4 nitrogen and oxygen atoms in total. The first kappa shape index (κ1) is 10.5. The van der Waals surface area contributed by atoms with Crippen molar-refractivity contribution in [1.82, 2.24) is 10.3 Å². The summed E-state index contributed by atoms with van der Waals surface area (Å²) < 4.78 is 5.49. The van der Waals surface area contributed by atoms with Crippen molar-refractivity contribution in [1.29, 1.82) is 0 Å². The van der Waals surface area contributed by atoms with Gasteiger partial charge in [0.15, 0.2) is 5.17 Å². The van der Waals surface area contributed by atoms with Crippen LogP contribution in [0.3, 0.4) is 0 Å². The summed E-state index contributed by atoms with van der Waals surface area (Å²) in [6, 6.07) is 0. The predicted octanol–water partition coefficient (Wildman–Crippen LogP) is 1.82. The molecule has 82 valence electrons. The Morgan fingerprint density at radius 2 is 2.53 bits per heavy atom. The van der Waals surface area contributed by atoms with Crippen molar-refractivity contribution in [2.75, 3.05) is 12.3 Å². The maximum absolute atomic E-state index is 5.49. The molecule has 1 aliphatic heterocycles. The van der Waals surface area contributed by atoms with E-state index in [0.29, 0.717) is 6.54 Å². The fourth-order valence-electron chi connectivity index (χ4n) is 1.31. The number of rotatable bonds is 3. The van der Waals surface area contributed by atoms with Crippen LogP contribution >= 0.6 is 11.8 Å². The van der Waals surface area contributed by atoms with Crippen LogP contribution in [0, 0.1) is 0 Å². The van der Waals surface area contributed by atoms with E-state index in [4.69, 9.17) is 4.42 Å². The highest BCUT2D eigenvalue weighted by atomic mass is 32.2. The van der Waals surface area contributed by atoms with Gasteiger partial charge in [-0.15, -0.1) is 0 Å². The summed E-state index contributed by atoms with van der Waals surface area (Å²) in [5.74, 6) is 2.82. The van der Waals surface area contributed by atoms with E-state index in [2.05, 4.69) is 22.2 Å². The number of nitrogens with zero attached hydrogens (tertiary/aromatic N) is 2. The van der Waals surface area contributed by atoms with Gasteiger partial charge in [-0.05, 0) is 6.42 Å². The summed E-state index contributed by atoms with van der Waals surface area (Å²) in [5.41, 5.74) is 0. The quantitative estimate of drug-likeness (QED) is 0.852. The summed E-state index contributed by atoms with van der Waals surface area (Å²) >= 11 is 1.76. The maximum Gasteiger partial charge on any atom is 0.213 e. The van der Waals surface area contributed by atoms with Gasteiger partial charge >= 0.3 is 0 Å². The molecule has 0 aliphatic carbocycles. The van der Waals surface area contributed by atoms with Crippen molar-refractivity contribution in [3.63, 3.8) is 0 Å². The third-order valence-corrected chi connectivity index (χ3v) is 3.18. The predicted molar refractivity (Wildman–Crippen MR) is 62.1 cm³/mol. The summed E-state index contributed by atoms with van der Waals surface area (Å²) in [5, 5.41) is 4.24. The maximum atomic E-state index is 5.49. The van der Waals surface area contributed by atoms with E-state index in [-0.39, 0.29) is 0 Å². The molecule has 0 unspecified atom stereocenters. The Balaban J connectivity index is 1.84. The van der Waals surface area contributed by atoms with E-state index < -0.39 is 0 Å². The molecule has 2 heterocycles. The van der Waals surface area contributed by atoms with Crippen molar-refractivity contribution in [2.24, 2.45) is 4.99 Å². The zero-order chi connectivity index (χ0) is 10.5. The topological polar surface area (TPSA) is 50.4 Å². The normalized spacial score (nSPS) is 16.2. The van der Waals surface area contributed by atoms with E-state index in [1.165, 1.54) is 6.42 Å². The van der Waals surface area contributed by atoms with E-state index >= 15 is 0 Å². The number of hydrogen-bond donors (Lipinski definition) is 1. The van der Waals surface area contributed by atoms with Crippen LogP contribution in [0.2, 0.25) is 0 Å². The third-order valence-electron chi connectivity index (χ3n) is 2.14. The Labute approximate surface area is 93.6 Å². The van der Waals surface area contributed by atoms with Crippen molar-refractivity contribution in [3.05, 3.63) is 17.8 Å². The van der Waals surface area contributed by atoms with Gasteiger partial charge < -0.3 is 9.73 Å². The van der Waals surface area contributed by atoms with Gasteiger partial charge in [-0.25, -0.2) is 4.98 Å². The number of thioether (sulfide) groups is 1. The molecule has 0 saturated carbocycles. The second kappa shape index (κ2) is 5.21. The lowest BCUT2D eigenvalue weighted by molar-refractivity contribution is 0.454. The van der Waals surface area contributed by atoms with Crippen LogP contribution in [0.25, 0.3) is 0 Å². The molecular formula is C10H15N3OS. The zero-order valence-corrected chi connectivity index (χ0v) is 9.64. The molecular weight excluding hydrogens is 210 g/mol. The average Bonchev–Trinajstić information content (AvgIpc) is 2.76. The molecule has 1 N–H and O–H groups in total. The SMILES string of the molecule is CCc1cnc(CNC2=NCCCS2)o1. The molecule has 1 aliphatic rings. The molecule has 15 heavy (non-hydrogen) atoms. The van der Waals surface area contributed by atoms with Crippen molar-refractivity contribution in [2.45, 2.75) is 26.3 Å². The first-order chi connectivity index (χ1) is 7.38. The van der Waals surface area contributed by atoms with Gasteiger partial charge in [0.05, 0.1) is 12.7 Å². The second-order valence-electron chi connectivity index (χ2n) is 3.32. The van der Waals surface area contributed by atoms with E-state index in [1.54, 1.807) is 18.0 Å². The standard InChI is InChI=1S/C10H15N3OS/c1-2-8-6-12-9(14-8)7-13-10-11-4-3-5-15-10/h6H,2-5,7H2,1H3,(H,11,13). The third kappa shape index (κ3) is 2.99. The fraction of sp³-hybridized carbons (Fsp3) is 0.600. The van der Waals surface area contributed by atoms with Gasteiger partial charge in [0.1, 0.15) is 5.76 Å². The molecule has 0 aromatic carbocycles. The van der Waals surface area contributed by atoms with Gasteiger partial charge in [0.2, 0.25) is 5.89 Å². The van der Waals surface area contributed by atoms with Gasteiger partial charge in [-0.1, -0.05) is 18.7 Å². The van der Waals surface area contributed by atoms with Gasteiger partial charge in [-0.3, -0.25) is 4.99 Å². The Kier molecular flexibility index (Phi) is 3.66. The number of aromatic nitrogens is 1. The molecule has 0 bridgehead atoms. The highest BCUT2D eigenvalue weighted by Crippen LogP contribution is 2.11. The molecule has 1 aromatic rings. The summed E-state index contributed by atoms with van der Waals surface area (Å²) in [7, 11) is 0. The first-order valence-corrected chi connectivity index (χ1v) is 6.21. The summed E-state index contributed by atoms with van der Waals surface area (Å²) in [4.78, 5) is 8.55. The van der Waals surface area contributed by atoms with Crippen LogP contribution < -0.4 is 5.32 Å².